The zero-order valence-electron chi connectivity index (χ0n) is 9.77. The molecule has 2 N–H and O–H groups in total. The van der Waals surface area contributed by atoms with E-state index < -0.39 is 0 Å². The molecule has 1 heterocycles. The number of nitrogens with two attached hydrogens (primary N) is 1. The summed E-state index contributed by atoms with van der Waals surface area (Å²) < 4.78 is 1.14. The Hall–Kier alpha value is -1.58. The lowest BCUT2D eigenvalue weighted by molar-refractivity contribution is 1.43. The summed E-state index contributed by atoms with van der Waals surface area (Å²) in [5.74, 6) is 0. The van der Waals surface area contributed by atoms with E-state index in [1.54, 1.807) is 11.3 Å². The van der Waals surface area contributed by atoms with Crippen molar-refractivity contribution in [2.75, 3.05) is 5.73 Å². The molecule has 3 rings (SSSR count). The monoisotopic (exact) mass is 274 g/mol. The van der Waals surface area contributed by atoms with Crippen LogP contribution in [-0.2, 0) is 0 Å². The van der Waals surface area contributed by atoms with E-state index in [1.165, 1.54) is 0 Å². The maximum atomic E-state index is 5.97. The standard InChI is InChI=1S/C14H11ClN2S/c1-8-6-9(2-4-11(8)16)14-17-12-7-10(15)3-5-13(12)18-14/h2-7H,16H2,1H3. The molecule has 0 bridgehead atoms. The average molecular weight is 275 g/mol. The van der Waals surface area contributed by atoms with Crippen molar-refractivity contribution in [2.45, 2.75) is 6.92 Å². The molecule has 0 fully saturated rings. The van der Waals surface area contributed by atoms with Crippen LogP contribution in [0.3, 0.4) is 0 Å². The summed E-state index contributed by atoms with van der Waals surface area (Å²) >= 11 is 7.63. The highest BCUT2D eigenvalue weighted by atomic mass is 35.5. The van der Waals surface area contributed by atoms with Crippen LogP contribution >= 0.6 is 22.9 Å². The van der Waals surface area contributed by atoms with Gasteiger partial charge < -0.3 is 5.73 Å². The molecule has 0 atom stereocenters. The Balaban J connectivity index is 2.16. The molecule has 3 aromatic rings. The van der Waals surface area contributed by atoms with Gasteiger partial charge in [0.25, 0.3) is 0 Å². The Labute approximate surface area is 114 Å². The normalized spacial score (nSPS) is 11.0. The first-order valence-corrected chi connectivity index (χ1v) is 6.75. The fourth-order valence-electron chi connectivity index (χ4n) is 1.83. The molecule has 0 saturated heterocycles. The third-order valence-electron chi connectivity index (χ3n) is 2.87. The number of rotatable bonds is 1. The number of aromatic nitrogens is 1. The number of benzene rings is 2. The minimum atomic E-state index is 0.716. The number of thiazole rings is 1. The molecule has 90 valence electrons. The van der Waals surface area contributed by atoms with Gasteiger partial charge in [-0.15, -0.1) is 11.3 Å². The van der Waals surface area contributed by atoms with Crippen molar-refractivity contribution in [1.29, 1.82) is 0 Å². The van der Waals surface area contributed by atoms with Gasteiger partial charge in [0.05, 0.1) is 10.2 Å². The van der Waals surface area contributed by atoms with Gasteiger partial charge in [-0.1, -0.05) is 11.6 Å². The first kappa shape index (κ1) is 11.5. The van der Waals surface area contributed by atoms with E-state index in [2.05, 4.69) is 11.1 Å². The van der Waals surface area contributed by atoms with Crippen molar-refractivity contribution in [3.8, 4) is 10.6 Å². The van der Waals surface area contributed by atoms with Gasteiger partial charge in [0.1, 0.15) is 5.01 Å². The lowest BCUT2D eigenvalue weighted by atomic mass is 10.1. The highest BCUT2D eigenvalue weighted by Gasteiger charge is 2.07. The SMILES string of the molecule is Cc1cc(-c2nc3cc(Cl)ccc3s2)ccc1N. The fourth-order valence-corrected chi connectivity index (χ4v) is 2.94. The van der Waals surface area contributed by atoms with Crippen LogP contribution in [0.25, 0.3) is 20.8 Å². The lowest BCUT2D eigenvalue weighted by Gasteiger charge is -2.01. The van der Waals surface area contributed by atoms with Crippen LogP contribution in [0.5, 0.6) is 0 Å². The number of nitrogen functional groups attached to an aromatic ring is 1. The molecule has 4 heteroatoms. The van der Waals surface area contributed by atoms with Gasteiger partial charge >= 0.3 is 0 Å². The summed E-state index contributed by atoms with van der Waals surface area (Å²) in [6, 6.07) is 11.8. The number of fused-ring (bicyclic) bond motifs is 1. The number of anilines is 1. The second-order valence-electron chi connectivity index (χ2n) is 4.20. The van der Waals surface area contributed by atoms with Crippen LogP contribution in [0.2, 0.25) is 5.02 Å². The van der Waals surface area contributed by atoms with E-state index in [1.807, 2.05) is 37.3 Å². The molecule has 0 unspecified atom stereocenters. The molecule has 0 aliphatic rings. The van der Waals surface area contributed by atoms with Crippen LogP contribution in [-0.4, -0.2) is 4.98 Å². The van der Waals surface area contributed by atoms with Gasteiger partial charge in [-0.3, -0.25) is 0 Å². The van der Waals surface area contributed by atoms with E-state index in [0.717, 1.165) is 32.0 Å². The lowest BCUT2D eigenvalue weighted by Crippen LogP contribution is -1.89. The van der Waals surface area contributed by atoms with Gasteiger partial charge in [-0.25, -0.2) is 4.98 Å². The third-order valence-corrected chi connectivity index (χ3v) is 4.19. The number of nitrogens with zero attached hydrogens (tertiary/aromatic N) is 1. The Morgan fingerprint density at radius 3 is 2.78 bits per heavy atom. The first-order chi connectivity index (χ1) is 8.63. The molecule has 0 amide bonds. The molecule has 2 aromatic carbocycles. The van der Waals surface area contributed by atoms with Gasteiger partial charge in [0.2, 0.25) is 0 Å². The van der Waals surface area contributed by atoms with E-state index in [4.69, 9.17) is 17.3 Å². The Morgan fingerprint density at radius 1 is 1.17 bits per heavy atom. The fraction of sp³-hybridized carbons (Fsp3) is 0.0714. The van der Waals surface area contributed by atoms with Crippen LogP contribution < -0.4 is 5.73 Å². The highest BCUT2D eigenvalue weighted by Crippen LogP contribution is 2.32. The molecule has 2 nitrogen and oxygen atoms in total. The molecule has 18 heavy (non-hydrogen) atoms. The minimum absolute atomic E-state index is 0.716. The predicted molar refractivity (Wildman–Crippen MR) is 79.2 cm³/mol. The number of halogens is 1. The van der Waals surface area contributed by atoms with E-state index in [-0.39, 0.29) is 0 Å². The number of hydrogen-bond acceptors (Lipinski definition) is 3. The van der Waals surface area contributed by atoms with Crippen molar-refractivity contribution in [1.82, 2.24) is 4.98 Å². The molecule has 0 saturated carbocycles. The van der Waals surface area contributed by atoms with Gasteiger partial charge in [0, 0.05) is 16.3 Å². The predicted octanol–water partition coefficient (Wildman–Crippen LogP) is 4.51. The zero-order chi connectivity index (χ0) is 12.7. The quantitative estimate of drug-likeness (QED) is 0.663. The third kappa shape index (κ3) is 1.96. The topological polar surface area (TPSA) is 38.9 Å². The molecular weight excluding hydrogens is 264 g/mol. The minimum Gasteiger partial charge on any atom is -0.399 e. The van der Waals surface area contributed by atoms with Gasteiger partial charge in [0.15, 0.2) is 0 Å². The summed E-state index contributed by atoms with van der Waals surface area (Å²) in [5, 5.41) is 1.71. The number of hydrogen-bond donors (Lipinski definition) is 1. The summed E-state index contributed by atoms with van der Waals surface area (Å²) in [4.78, 5) is 4.61. The van der Waals surface area contributed by atoms with Crippen molar-refractivity contribution < 1.29 is 0 Å². The van der Waals surface area contributed by atoms with Crippen LogP contribution in [0, 0.1) is 6.92 Å². The van der Waals surface area contributed by atoms with Crippen LogP contribution in [0.4, 0.5) is 5.69 Å². The second kappa shape index (κ2) is 4.26. The molecule has 0 aliphatic heterocycles. The molecule has 0 radical (unpaired) electrons. The van der Waals surface area contributed by atoms with Crippen molar-refractivity contribution in [3.63, 3.8) is 0 Å². The summed E-state index contributed by atoms with van der Waals surface area (Å²) in [6.45, 7) is 2.00. The first-order valence-electron chi connectivity index (χ1n) is 5.56. The van der Waals surface area contributed by atoms with Crippen molar-refractivity contribution in [3.05, 3.63) is 47.0 Å². The summed E-state index contributed by atoms with van der Waals surface area (Å²) in [6.07, 6.45) is 0. The molecular formula is C14H11ClN2S. The summed E-state index contributed by atoms with van der Waals surface area (Å²) in [7, 11) is 0. The van der Waals surface area contributed by atoms with E-state index in [9.17, 15) is 0 Å². The molecule has 0 aliphatic carbocycles. The zero-order valence-corrected chi connectivity index (χ0v) is 11.3. The smallest absolute Gasteiger partial charge is 0.124 e. The largest absolute Gasteiger partial charge is 0.399 e. The van der Waals surface area contributed by atoms with Gasteiger partial charge in [-0.05, 0) is 48.9 Å². The molecule has 0 spiro atoms. The highest BCUT2D eigenvalue weighted by molar-refractivity contribution is 7.21. The van der Waals surface area contributed by atoms with Crippen LogP contribution in [0.15, 0.2) is 36.4 Å². The van der Waals surface area contributed by atoms with Crippen molar-refractivity contribution >= 4 is 38.8 Å². The molecule has 1 aromatic heterocycles. The summed E-state index contributed by atoms with van der Waals surface area (Å²) in [5.41, 5.74) is 9.75. The second-order valence-corrected chi connectivity index (χ2v) is 5.67. The number of aryl methyl sites for hydroxylation is 1. The van der Waals surface area contributed by atoms with Crippen LogP contribution in [0.1, 0.15) is 5.56 Å². The van der Waals surface area contributed by atoms with Crippen molar-refractivity contribution in [2.24, 2.45) is 0 Å². The van der Waals surface area contributed by atoms with E-state index in [0.29, 0.717) is 5.02 Å². The maximum absolute atomic E-state index is 5.97. The maximum Gasteiger partial charge on any atom is 0.124 e. The van der Waals surface area contributed by atoms with Gasteiger partial charge in [-0.2, -0.15) is 0 Å². The Morgan fingerprint density at radius 2 is 2.00 bits per heavy atom. The Kier molecular flexibility index (Phi) is 2.73. The average Bonchev–Trinajstić information content (AvgIpc) is 2.75. The Bertz CT molecular complexity index is 734. The van der Waals surface area contributed by atoms with E-state index >= 15 is 0 Å².